The van der Waals surface area contributed by atoms with Crippen molar-refractivity contribution in [3.05, 3.63) is 24.3 Å². The maximum Gasteiger partial charge on any atom is 0.257 e. The van der Waals surface area contributed by atoms with E-state index in [1.165, 1.54) is 0 Å². The van der Waals surface area contributed by atoms with E-state index in [2.05, 4.69) is 5.32 Å². The highest BCUT2D eigenvalue weighted by atomic mass is 16.5. The zero-order chi connectivity index (χ0) is 15.0. The van der Waals surface area contributed by atoms with Crippen LogP contribution in [0.2, 0.25) is 0 Å². The molecular weight excluding hydrogens is 256 g/mol. The number of nitrogens with two attached hydrogens (primary N) is 1. The van der Waals surface area contributed by atoms with E-state index in [4.69, 9.17) is 10.5 Å². The van der Waals surface area contributed by atoms with Gasteiger partial charge in [-0.3, -0.25) is 4.79 Å². The van der Waals surface area contributed by atoms with Gasteiger partial charge in [0.1, 0.15) is 5.75 Å². The van der Waals surface area contributed by atoms with Crippen molar-refractivity contribution in [3.63, 3.8) is 0 Å². The number of benzene rings is 1. The molecule has 5 nitrogen and oxygen atoms in total. The Morgan fingerprint density at radius 3 is 2.40 bits per heavy atom. The Labute approximate surface area is 120 Å². The second-order valence-corrected chi connectivity index (χ2v) is 5.00. The predicted octanol–water partition coefficient (Wildman–Crippen LogP) is 1.56. The Balaban J connectivity index is 2.38. The Hall–Kier alpha value is -1.75. The molecule has 0 aromatic heterocycles. The van der Waals surface area contributed by atoms with Crippen LogP contribution in [0.15, 0.2) is 24.3 Å². The van der Waals surface area contributed by atoms with Crippen LogP contribution in [0.25, 0.3) is 0 Å². The van der Waals surface area contributed by atoms with Crippen LogP contribution in [-0.4, -0.2) is 30.8 Å². The highest BCUT2D eigenvalue weighted by Gasteiger charge is 2.25. The van der Waals surface area contributed by atoms with Gasteiger partial charge in [0.05, 0.1) is 6.61 Å². The monoisotopic (exact) mass is 280 g/mol. The van der Waals surface area contributed by atoms with Gasteiger partial charge in [-0.15, -0.1) is 0 Å². The fourth-order valence-electron chi connectivity index (χ4n) is 1.83. The topological polar surface area (TPSA) is 84.6 Å². The number of anilines is 1. The number of amides is 1. The Morgan fingerprint density at radius 1 is 1.30 bits per heavy atom. The molecule has 0 saturated heterocycles. The summed E-state index contributed by atoms with van der Waals surface area (Å²) in [5.74, 6) is 0.412. The lowest BCUT2D eigenvalue weighted by molar-refractivity contribution is -0.123. The third kappa shape index (κ3) is 4.74. The fourth-order valence-corrected chi connectivity index (χ4v) is 1.83. The standard InChI is InChI=1S/C15H24N2O3/c1-3-15(4-2,11-18)10-17-14(19)9-20-13-7-5-12(16)6-8-13/h5-8,18H,3-4,9-11,16H2,1-2H3,(H,17,19). The Kier molecular flexibility index (Phi) is 6.31. The number of nitrogens with one attached hydrogen (secondary N) is 1. The third-order valence-electron chi connectivity index (χ3n) is 3.75. The molecule has 0 heterocycles. The lowest BCUT2D eigenvalue weighted by Crippen LogP contribution is -2.41. The highest BCUT2D eigenvalue weighted by Crippen LogP contribution is 2.24. The predicted molar refractivity (Wildman–Crippen MR) is 79.5 cm³/mol. The second-order valence-electron chi connectivity index (χ2n) is 5.00. The summed E-state index contributed by atoms with van der Waals surface area (Å²) in [6.45, 7) is 4.51. The summed E-state index contributed by atoms with van der Waals surface area (Å²) in [6.07, 6.45) is 1.64. The normalized spacial score (nSPS) is 11.2. The van der Waals surface area contributed by atoms with Crippen molar-refractivity contribution in [2.24, 2.45) is 5.41 Å². The van der Waals surface area contributed by atoms with E-state index in [0.717, 1.165) is 12.8 Å². The zero-order valence-corrected chi connectivity index (χ0v) is 12.2. The van der Waals surface area contributed by atoms with E-state index < -0.39 is 0 Å². The summed E-state index contributed by atoms with van der Waals surface area (Å²) in [5, 5.41) is 12.2. The summed E-state index contributed by atoms with van der Waals surface area (Å²) in [6, 6.07) is 6.88. The van der Waals surface area contributed by atoms with Gasteiger partial charge in [0.25, 0.3) is 5.91 Å². The van der Waals surface area contributed by atoms with Crippen molar-refractivity contribution in [2.75, 3.05) is 25.5 Å². The summed E-state index contributed by atoms with van der Waals surface area (Å²) < 4.78 is 5.36. The van der Waals surface area contributed by atoms with Crippen LogP contribution in [0.5, 0.6) is 5.75 Å². The van der Waals surface area contributed by atoms with Gasteiger partial charge in [0.2, 0.25) is 0 Å². The molecule has 0 aliphatic heterocycles. The van der Waals surface area contributed by atoms with Crippen molar-refractivity contribution in [3.8, 4) is 5.75 Å². The van der Waals surface area contributed by atoms with Gasteiger partial charge in [0.15, 0.2) is 6.61 Å². The smallest absolute Gasteiger partial charge is 0.257 e. The van der Waals surface area contributed by atoms with E-state index in [1.807, 2.05) is 13.8 Å². The molecule has 0 fully saturated rings. The molecule has 0 aliphatic carbocycles. The highest BCUT2D eigenvalue weighted by molar-refractivity contribution is 5.77. The van der Waals surface area contributed by atoms with E-state index in [-0.39, 0.29) is 24.5 Å². The molecule has 1 amide bonds. The number of ether oxygens (including phenoxy) is 1. The molecule has 1 rings (SSSR count). The largest absolute Gasteiger partial charge is 0.484 e. The van der Waals surface area contributed by atoms with Gasteiger partial charge >= 0.3 is 0 Å². The minimum Gasteiger partial charge on any atom is -0.484 e. The Bertz CT molecular complexity index is 405. The molecular formula is C15H24N2O3. The number of hydrogen-bond donors (Lipinski definition) is 3. The molecule has 5 heteroatoms. The number of aliphatic hydroxyl groups is 1. The average Bonchev–Trinajstić information content (AvgIpc) is 2.48. The van der Waals surface area contributed by atoms with Crippen molar-refractivity contribution in [1.82, 2.24) is 5.32 Å². The van der Waals surface area contributed by atoms with Gasteiger partial charge in [-0.1, -0.05) is 13.8 Å². The molecule has 0 atom stereocenters. The van der Waals surface area contributed by atoms with Crippen molar-refractivity contribution >= 4 is 11.6 Å². The number of nitrogen functional groups attached to an aromatic ring is 1. The number of aliphatic hydroxyl groups excluding tert-OH is 1. The first-order chi connectivity index (χ1) is 9.55. The quantitative estimate of drug-likeness (QED) is 0.631. The molecule has 1 aromatic rings. The van der Waals surface area contributed by atoms with Gasteiger partial charge in [0, 0.05) is 17.6 Å². The number of hydrogen-bond acceptors (Lipinski definition) is 4. The minimum absolute atomic E-state index is 0.0428. The molecule has 0 bridgehead atoms. The van der Waals surface area contributed by atoms with Gasteiger partial charge in [-0.05, 0) is 37.1 Å². The molecule has 1 aromatic carbocycles. The van der Waals surface area contributed by atoms with Crippen molar-refractivity contribution in [1.29, 1.82) is 0 Å². The molecule has 112 valence electrons. The second kappa shape index (κ2) is 7.75. The van der Waals surface area contributed by atoms with Crippen molar-refractivity contribution in [2.45, 2.75) is 26.7 Å². The molecule has 0 aliphatic rings. The minimum atomic E-state index is -0.239. The fraction of sp³-hybridized carbons (Fsp3) is 0.533. The number of carbonyl (C=O) groups excluding carboxylic acids is 1. The van der Waals surface area contributed by atoms with Gasteiger partial charge in [-0.2, -0.15) is 0 Å². The SMILES string of the molecule is CCC(CC)(CO)CNC(=O)COc1ccc(N)cc1. The lowest BCUT2D eigenvalue weighted by atomic mass is 9.83. The van der Waals surface area contributed by atoms with Crippen LogP contribution in [-0.2, 0) is 4.79 Å². The first kappa shape index (κ1) is 16.3. The van der Waals surface area contributed by atoms with Crippen LogP contribution in [0.1, 0.15) is 26.7 Å². The lowest BCUT2D eigenvalue weighted by Gasteiger charge is -2.29. The van der Waals surface area contributed by atoms with Crippen LogP contribution in [0.4, 0.5) is 5.69 Å². The Morgan fingerprint density at radius 2 is 1.90 bits per heavy atom. The zero-order valence-electron chi connectivity index (χ0n) is 12.2. The first-order valence-corrected chi connectivity index (χ1v) is 6.91. The van der Waals surface area contributed by atoms with Gasteiger partial charge in [-0.25, -0.2) is 0 Å². The van der Waals surface area contributed by atoms with Crippen LogP contribution < -0.4 is 15.8 Å². The van der Waals surface area contributed by atoms with E-state index in [9.17, 15) is 9.90 Å². The van der Waals surface area contributed by atoms with Crippen LogP contribution in [0, 0.1) is 5.41 Å². The number of carbonyl (C=O) groups is 1. The van der Waals surface area contributed by atoms with Crippen LogP contribution in [0.3, 0.4) is 0 Å². The first-order valence-electron chi connectivity index (χ1n) is 6.91. The average molecular weight is 280 g/mol. The van der Waals surface area contributed by atoms with Crippen LogP contribution >= 0.6 is 0 Å². The molecule has 0 saturated carbocycles. The molecule has 20 heavy (non-hydrogen) atoms. The third-order valence-corrected chi connectivity index (χ3v) is 3.75. The van der Waals surface area contributed by atoms with E-state index >= 15 is 0 Å². The maximum atomic E-state index is 11.7. The molecule has 0 unspecified atom stereocenters. The summed E-state index contributed by atoms with van der Waals surface area (Å²) in [4.78, 5) is 11.7. The number of rotatable bonds is 8. The molecule has 4 N–H and O–H groups in total. The van der Waals surface area contributed by atoms with Crippen molar-refractivity contribution < 1.29 is 14.6 Å². The van der Waals surface area contributed by atoms with E-state index in [0.29, 0.717) is 18.0 Å². The summed E-state index contributed by atoms with van der Waals surface area (Å²) >= 11 is 0. The maximum absolute atomic E-state index is 11.7. The van der Waals surface area contributed by atoms with E-state index in [1.54, 1.807) is 24.3 Å². The summed E-state index contributed by atoms with van der Waals surface area (Å²) in [5.41, 5.74) is 5.98. The summed E-state index contributed by atoms with van der Waals surface area (Å²) in [7, 11) is 0. The van der Waals surface area contributed by atoms with Gasteiger partial charge < -0.3 is 20.9 Å². The molecule has 0 radical (unpaired) electrons. The molecule has 0 spiro atoms.